The van der Waals surface area contributed by atoms with E-state index < -0.39 is 0 Å². The van der Waals surface area contributed by atoms with E-state index in [1.54, 1.807) is 23.1 Å². The van der Waals surface area contributed by atoms with E-state index in [1.807, 2.05) is 6.92 Å². The van der Waals surface area contributed by atoms with Gasteiger partial charge >= 0.3 is 0 Å². The molecule has 0 spiro atoms. The van der Waals surface area contributed by atoms with Crippen LogP contribution in [0.5, 0.6) is 5.75 Å². The summed E-state index contributed by atoms with van der Waals surface area (Å²) in [5.74, 6) is 0.884. The zero-order valence-corrected chi connectivity index (χ0v) is 20.7. The maximum Gasteiger partial charge on any atom is 0.258 e. The molecule has 8 heteroatoms. The van der Waals surface area contributed by atoms with Crippen LogP contribution in [0.2, 0.25) is 0 Å². The largest absolute Gasteiger partial charge is 0.486 e. The number of hydrogen-bond acceptors (Lipinski definition) is 6. The third kappa shape index (κ3) is 5.90. The van der Waals surface area contributed by atoms with Gasteiger partial charge in [0.15, 0.2) is 5.75 Å². The highest BCUT2D eigenvalue weighted by molar-refractivity contribution is 6.02. The first-order chi connectivity index (χ1) is 16.4. The van der Waals surface area contributed by atoms with Crippen LogP contribution in [0.25, 0.3) is 0 Å². The van der Waals surface area contributed by atoms with Crippen LogP contribution < -0.4 is 10.1 Å². The Hall–Kier alpha value is -2.16. The molecule has 3 aliphatic rings. The molecule has 1 aromatic carbocycles. The van der Waals surface area contributed by atoms with Crippen LogP contribution in [0.3, 0.4) is 0 Å². The number of anilines is 1. The molecule has 2 fully saturated rings. The van der Waals surface area contributed by atoms with E-state index in [0.717, 1.165) is 19.0 Å². The first kappa shape index (κ1) is 24.9. The molecule has 4 rings (SSSR count). The Morgan fingerprint density at radius 2 is 1.97 bits per heavy atom. The molecule has 1 saturated carbocycles. The number of benzene rings is 1. The molecule has 2 aliphatic heterocycles. The van der Waals surface area contributed by atoms with E-state index in [1.165, 1.54) is 12.8 Å². The number of aliphatic hydroxyl groups is 1. The lowest BCUT2D eigenvalue weighted by atomic mass is 9.98. The number of aliphatic hydroxyl groups excluding tert-OH is 1. The van der Waals surface area contributed by atoms with Crippen molar-refractivity contribution in [3.63, 3.8) is 0 Å². The Labute approximate surface area is 202 Å². The second kappa shape index (κ2) is 11.1. The average Bonchev–Trinajstić information content (AvgIpc) is 3.65. The summed E-state index contributed by atoms with van der Waals surface area (Å²) in [6.07, 6.45) is 3.78. The second-order valence-corrected chi connectivity index (χ2v) is 10.3. The molecule has 1 saturated heterocycles. The average molecular weight is 474 g/mol. The first-order valence-corrected chi connectivity index (χ1v) is 12.7. The molecule has 2 amide bonds. The number of hydrogen-bond donors (Lipinski definition) is 2. The van der Waals surface area contributed by atoms with Crippen LogP contribution in [0.1, 0.15) is 49.9 Å². The fourth-order valence-electron chi connectivity index (χ4n) is 4.88. The molecule has 1 aromatic rings. The van der Waals surface area contributed by atoms with Gasteiger partial charge in [0.1, 0.15) is 6.10 Å². The minimum absolute atomic E-state index is 0.0482. The zero-order chi connectivity index (χ0) is 24.2. The van der Waals surface area contributed by atoms with Gasteiger partial charge in [-0.2, -0.15) is 0 Å². The number of carbonyl (C=O) groups excluding carboxylic acids is 2. The minimum atomic E-state index is -0.314. The highest BCUT2D eigenvalue weighted by atomic mass is 16.5. The molecule has 0 bridgehead atoms. The van der Waals surface area contributed by atoms with E-state index in [0.29, 0.717) is 49.6 Å². The van der Waals surface area contributed by atoms with Crippen LogP contribution in [-0.2, 0) is 9.53 Å². The van der Waals surface area contributed by atoms with Crippen LogP contribution >= 0.6 is 0 Å². The van der Waals surface area contributed by atoms with Crippen molar-refractivity contribution in [3.8, 4) is 5.75 Å². The van der Waals surface area contributed by atoms with Crippen LogP contribution in [0.4, 0.5) is 5.69 Å². The number of amides is 2. The monoisotopic (exact) mass is 473 g/mol. The summed E-state index contributed by atoms with van der Waals surface area (Å²) < 4.78 is 12.0. The van der Waals surface area contributed by atoms with Gasteiger partial charge in [-0.1, -0.05) is 13.0 Å². The van der Waals surface area contributed by atoms with Gasteiger partial charge in [-0.05, 0) is 57.7 Å². The molecule has 34 heavy (non-hydrogen) atoms. The first-order valence-electron chi connectivity index (χ1n) is 12.7. The smallest absolute Gasteiger partial charge is 0.258 e. The molecule has 1 aliphatic carbocycles. The third-order valence-electron chi connectivity index (χ3n) is 7.30. The predicted molar refractivity (Wildman–Crippen MR) is 130 cm³/mol. The van der Waals surface area contributed by atoms with Crippen LogP contribution in [0.15, 0.2) is 18.2 Å². The Kier molecular flexibility index (Phi) is 8.11. The van der Waals surface area contributed by atoms with E-state index in [9.17, 15) is 14.7 Å². The molecule has 0 unspecified atom stereocenters. The maximum absolute atomic E-state index is 13.6. The molecule has 8 nitrogen and oxygen atoms in total. The van der Waals surface area contributed by atoms with Crippen LogP contribution in [-0.4, -0.2) is 85.4 Å². The number of para-hydroxylation sites is 1. The maximum atomic E-state index is 13.6. The van der Waals surface area contributed by atoms with Gasteiger partial charge < -0.3 is 29.7 Å². The Balaban J connectivity index is 1.64. The van der Waals surface area contributed by atoms with Gasteiger partial charge in [0.2, 0.25) is 5.91 Å². The summed E-state index contributed by atoms with van der Waals surface area (Å²) in [5, 5.41) is 12.9. The van der Waals surface area contributed by atoms with Gasteiger partial charge in [0.25, 0.3) is 5.91 Å². The van der Waals surface area contributed by atoms with Gasteiger partial charge in [0.05, 0.1) is 23.9 Å². The molecule has 2 heterocycles. The Morgan fingerprint density at radius 3 is 2.65 bits per heavy atom. The zero-order valence-electron chi connectivity index (χ0n) is 20.7. The van der Waals surface area contributed by atoms with Crippen molar-refractivity contribution in [2.45, 2.75) is 51.7 Å². The summed E-state index contributed by atoms with van der Waals surface area (Å²) >= 11 is 0. The summed E-state index contributed by atoms with van der Waals surface area (Å²) in [6.45, 7) is 7.28. The number of likely N-dealkylation sites (N-methyl/N-ethyl adjacent to an activating group) is 1. The molecule has 0 radical (unpaired) electrons. The molecular weight excluding hydrogens is 434 g/mol. The van der Waals surface area contributed by atoms with Crippen molar-refractivity contribution >= 4 is 17.5 Å². The Bertz CT molecular complexity index is 868. The molecule has 3 atom stereocenters. The van der Waals surface area contributed by atoms with Gasteiger partial charge in [-0.25, -0.2) is 0 Å². The summed E-state index contributed by atoms with van der Waals surface area (Å²) in [4.78, 5) is 30.6. The fourth-order valence-corrected chi connectivity index (χ4v) is 4.88. The van der Waals surface area contributed by atoms with Crippen LogP contribution in [0, 0.1) is 17.8 Å². The predicted octanol–water partition coefficient (Wildman–Crippen LogP) is 2.61. The number of rotatable bonds is 8. The third-order valence-corrected chi connectivity index (χ3v) is 7.30. The molecular formula is C26H39N3O5. The number of carbonyl (C=O) groups is 2. The lowest BCUT2D eigenvalue weighted by Crippen LogP contribution is -2.50. The standard InChI is InChI=1S/C26H39N3O5/c1-17-13-29(18(2)16-30)26(32)21-5-4-6-22(27-25(31)20-9-11-33-12-10-20)24(21)34-23(17)15-28(3)14-19-7-8-19/h4-6,17-20,23,30H,7-16H2,1-3H3,(H,27,31)/t17-,18-,23-/m0/s1. The highest BCUT2D eigenvalue weighted by Crippen LogP contribution is 2.36. The number of nitrogens with zero attached hydrogens (tertiary/aromatic N) is 2. The van der Waals surface area contributed by atoms with Crippen molar-refractivity contribution in [1.82, 2.24) is 9.80 Å². The quantitative estimate of drug-likeness (QED) is 0.603. The van der Waals surface area contributed by atoms with E-state index in [4.69, 9.17) is 9.47 Å². The van der Waals surface area contributed by atoms with E-state index in [2.05, 4.69) is 24.2 Å². The summed E-state index contributed by atoms with van der Waals surface area (Å²) in [6, 6.07) is 5.02. The lowest BCUT2D eigenvalue weighted by Gasteiger charge is -2.38. The molecule has 2 N–H and O–H groups in total. The fraction of sp³-hybridized carbons (Fsp3) is 0.692. The SMILES string of the molecule is C[C@H]1CN([C@@H](C)CO)C(=O)c2cccc(NC(=O)C3CCOCC3)c2O[C@H]1CN(C)CC1CC1. The summed E-state index contributed by atoms with van der Waals surface area (Å²) in [7, 11) is 2.12. The van der Waals surface area contributed by atoms with Gasteiger partial charge in [0, 0.05) is 44.7 Å². The number of ether oxygens (including phenoxy) is 2. The van der Waals surface area contributed by atoms with Gasteiger partial charge in [-0.15, -0.1) is 0 Å². The van der Waals surface area contributed by atoms with E-state index >= 15 is 0 Å². The number of fused-ring (bicyclic) bond motifs is 1. The van der Waals surface area contributed by atoms with Crippen molar-refractivity contribution in [3.05, 3.63) is 23.8 Å². The van der Waals surface area contributed by atoms with Crippen molar-refractivity contribution < 1.29 is 24.2 Å². The summed E-state index contributed by atoms with van der Waals surface area (Å²) in [5.41, 5.74) is 0.953. The highest BCUT2D eigenvalue weighted by Gasteiger charge is 2.35. The lowest BCUT2D eigenvalue weighted by molar-refractivity contribution is -0.122. The normalized spacial score (nSPS) is 24.7. The van der Waals surface area contributed by atoms with E-state index in [-0.39, 0.29) is 42.4 Å². The molecule has 0 aromatic heterocycles. The number of nitrogens with one attached hydrogen (secondary N) is 1. The van der Waals surface area contributed by atoms with Crippen molar-refractivity contribution in [2.75, 3.05) is 51.8 Å². The minimum Gasteiger partial charge on any atom is -0.486 e. The van der Waals surface area contributed by atoms with Gasteiger partial charge in [-0.3, -0.25) is 9.59 Å². The van der Waals surface area contributed by atoms with Crippen molar-refractivity contribution in [2.24, 2.45) is 17.8 Å². The van der Waals surface area contributed by atoms with Crippen molar-refractivity contribution in [1.29, 1.82) is 0 Å². The Morgan fingerprint density at radius 1 is 1.24 bits per heavy atom. The second-order valence-electron chi connectivity index (χ2n) is 10.3. The topological polar surface area (TPSA) is 91.3 Å². The molecule has 188 valence electrons.